The summed E-state index contributed by atoms with van der Waals surface area (Å²) in [7, 11) is 0. The van der Waals surface area contributed by atoms with Crippen molar-refractivity contribution in [3.05, 3.63) is 206 Å². The van der Waals surface area contributed by atoms with Crippen LogP contribution in [-0.2, 0) is 5.41 Å². The van der Waals surface area contributed by atoms with Crippen LogP contribution < -0.4 is 0 Å². The van der Waals surface area contributed by atoms with Gasteiger partial charge in [-0.25, -0.2) is 0 Å². The van der Waals surface area contributed by atoms with Gasteiger partial charge >= 0.3 is 0 Å². The van der Waals surface area contributed by atoms with E-state index in [1.54, 1.807) is 11.1 Å². The minimum atomic E-state index is 0.153. The van der Waals surface area contributed by atoms with Crippen molar-refractivity contribution in [2.45, 2.75) is 31.1 Å². The second-order valence-electron chi connectivity index (χ2n) is 20.6. The Kier molecular flexibility index (Phi) is 7.27. The van der Waals surface area contributed by atoms with Gasteiger partial charge in [0.1, 0.15) is 0 Å². The molecule has 0 N–H and O–H groups in total. The maximum Gasteiger partial charge on any atom is 0.0541 e. The quantitative estimate of drug-likeness (QED) is 0.173. The van der Waals surface area contributed by atoms with E-state index in [-0.39, 0.29) is 5.41 Å². The lowest BCUT2D eigenvalue weighted by Gasteiger charge is -2.50. The average Bonchev–Trinajstić information content (AvgIpc) is 3.78. The van der Waals surface area contributed by atoms with E-state index in [1.165, 1.54) is 97.2 Å². The highest BCUT2D eigenvalue weighted by Gasteiger charge is 2.74. The summed E-state index contributed by atoms with van der Waals surface area (Å²) < 4.78 is 5.00. The van der Waals surface area contributed by atoms with E-state index >= 15 is 0 Å². The molecule has 5 aliphatic carbocycles. The molecule has 4 heterocycles. The average molecular weight is 859 g/mol. The predicted octanol–water partition coefficient (Wildman–Crippen LogP) is 15.3. The number of hydrogen-bond donors (Lipinski definition) is 0. The molecule has 0 radical (unpaired) electrons. The predicted molar refractivity (Wildman–Crippen MR) is 273 cm³/mol. The van der Waals surface area contributed by atoms with Gasteiger partial charge in [-0.3, -0.25) is 9.97 Å². The number of fused-ring (bicyclic) bond motifs is 16. The first-order valence-electron chi connectivity index (χ1n) is 24.5. The number of nitrogens with zero attached hydrogens (tertiary/aromatic N) is 4. The van der Waals surface area contributed by atoms with E-state index in [0.29, 0.717) is 0 Å². The molecule has 0 aliphatic heterocycles. The fraction of sp³-hybridized carbons (Fsp3) is 0.175. The molecule has 5 aliphatic rings. The molecule has 4 nitrogen and oxygen atoms in total. The zero-order chi connectivity index (χ0) is 43.5. The van der Waals surface area contributed by atoms with Crippen molar-refractivity contribution in [3.8, 4) is 55.9 Å². The molecule has 11 aromatic rings. The molecule has 318 valence electrons. The van der Waals surface area contributed by atoms with Crippen molar-refractivity contribution in [1.82, 2.24) is 19.1 Å². The van der Waals surface area contributed by atoms with Crippen LogP contribution in [0.4, 0.5) is 0 Å². The molecule has 7 atom stereocenters. The number of rotatable bonds is 5. The van der Waals surface area contributed by atoms with Gasteiger partial charge in [-0.2, -0.15) is 0 Å². The highest BCUT2D eigenvalue weighted by Crippen LogP contribution is 2.80. The van der Waals surface area contributed by atoms with Crippen LogP contribution >= 0.6 is 0 Å². The number of hydrogen-bond acceptors (Lipinski definition) is 2. The summed E-state index contributed by atoms with van der Waals surface area (Å²) in [6.07, 6.45) is 13.3. The molecule has 4 fully saturated rings. The van der Waals surface area contributed by atoms with Gasteiger partial charge in [0.15, 0.2) is 0 Å². The Morgan fingerprint density at radius 2 is 1.09 bits per heavy atom. The first-order chi connectivity index (χ1) is 33.2. The Morgan fingerprint density at radius 3 is 1.84 bits per heavy atom. The van der Waals surface area contributed by atoms with Crippen LogP contribution in [0.25, 0.3) is 99.5 Å². The lowest BCUT2D eigenvalue weighted by molar-refractivity contribution is 0.0630. The van der Waals surface area contributed by atoms with Crippen molar-refractivity contribution in [2.75, 3.05) is 0 Å². The van der Waals surface area contributed by atoms with Crippen molar-refractivity contribution >= 4 is 43.6 Å². The molecule has 4 heteroatoms. The van der Waals surface area contributed by atoms with Gasteiger partial charge in [-0.1, -0.05) is 84.9 Å². The largest absolute Gasteiger partial charge is 0.309 e. The summed E-state index contributed by atoms with van der Waals surface area (Å²) in [5.74, 6) is 5.28. The summed E-state index contributed by atoms with van der Waals surface area (Å²) in [5.41, 5.74) is 20.6. The van der Waals surface area contributed by atoms with Crippen molar-refractivity contribution < 1.29 is 0 Å². The molecular weight excluding hydrogens is 813 g/mol. The van der Waals surface area contributed by atoms with Crippen LogP contribution in [0.2, 0.25) is 0 Å². The standard InChI is InChI=1S/C63H46N4/c1-4-12-55-48(9-1)49-18-17-46(35-56(49)63(55)45-27-37-26-44(30-45)61-54(28-37)62(61)63)66-57-13-5-2-10-50(57)52-33-39(15-19-59(52)66)40-16-20-60-53(34-40)51-11-3-6-14-58(51)67(60)47-31-42(38-21-24-64-25-22-38)29-43(32-47)41-8-7-23-65-36-41/h1-25,29,31-37,44-45,54,61-62H,26-28,30H2. The summed E-state index contributed by atoms with van der Waals surface area (Å²) in [6, 6.07) is 64.5. The van der Waals surface area contributed by atoms with E-state index in [0.717, 1.165) is 63.4 Å². The maximum atomic E-state index is 4.48. The Hall–Kier alpha value is -7.56. The van der Waals surface area contributed by atoms with Gasteiger partial charge in [-0.15, -0.1) is 0 Å². The lowest BCUT2D eigenvalue weighted by Crippen LogP contribution is -2.46. The third-order valence-electron chi connectivity index (χ3n) is 17.6. The minimum absolute atomic E-state index is 0.153. The van der Waals surface area contributed by atoms with Crippen LogP contribution in [-0.4, -0.2) is 19.1 Å². The molecule has 7 aromatic carbocycles. The van der Waals surface area contributed by atoms with E-state index in [4.69, 9.17) is 0 Å². The fourth-order valence-electron chi connectivity index (χ4n) is 15.3. The lowest BCUT2D eigenvalue weighted by atomic mass is 9.53. The van der Waals surface area contributed by atoms with Crippen molar-refractivity contribution in [2.24, 2.45) is 35.5 Å². The Balaban J connectivity index is 0.845. The number of pyridine rings is 2. The molecule has 7 unspecified atom stereocenters. The minimum Gasteiger partial charge on any atom is -0.309 e. The fourth-order valence-corrected chi connectivity index (χ4v) is 15.3. The van der Waals surface area contributed by atoms with Crippen LogP contribution in [0.5, 0.6) is 0 Å². The molecular formula is C63H46N4. The number of para-hydroxylation sites is 2. The zero-order valence-electron chi connectivity index (χ0n) is 37.1. The van der Waals surface area contributed by atoms with Gasteiger partial charge in [0.05, 0.1) is 22.1 Å². The zero-order valence-corrected chi connectivity index (χ0v) is 37.1. The van der Waals surface area contributed by atoms with Gasteiger partial charge in [0.25, 0.3) is 0 Å². The molecule has 4 aromatic heterocycles. The molecule has 4 saturated carbocycles. The van der Waals surface area contributed by atoms with Gasteiger partial charge in [-0.05, 0) is 196 Å². The maximum absolute atomic E-state index is 4.48. The van der Waals surface area contributed by atoms with Crippen LogP contribution in [0, 0.1) is 35.5 Å². The molecule has 16 rings (SSSR count). The van der Waals surface area contributed by atoms with E-state index in [9.17, 15) is 0 Å². The van der Waals surface area contributed by atoms with E-state index in [1.807, 2.05) is 30.9 Å². The summed E-state index contributed by atoms with van der Waals surface area (Å²) in [5, 5.41) is 5.07. The SMILES string of the molecule is c1cncc(-c2cc(-c3ccncc3)cc(-n3c4ccccc4c4cc(-c5ccc6c(c5)c5ccccc5n6-c5ccc6c(c5)C5(c7ccccc7-6)C6CC7CC(C6)C6C(C7)C65)ccc43)c2)c1. The highest BCUT2D eigenvalue weighted by molar-refractivity contribution is 6.13. The monoisotopic (exact) mass is 858 g/mol. The number of benzene rings is 7. The van der Waals surface area contributed by atoms with Crippen LogP contribution in [0.15, 0.2) is 195 Å². The molecule has 0 amide bonds. The molecule has 67 heavy (non-hydrogen) atoms. The van der Waals surface area contributed by atoms with Crippen LogP contribution in [0.3, 0.4) is 0 Å². The second-order valence-corrected chi connectivity index (χ2v) is 20.6. The van der Waals surface area contributed by atoms with Gasteiger partial charge < -0.3 is 9.13 Å². The first kappa shape index (κ1) is 36.6. The van der Waals surface area contributed by atoms with E-state index < -0.39 is 0 Å². The van der Waals surface area contributed by atoms with Crippen LogP contribution in [0.1, 0.15) is 36.8 Å². The highest BCUT2D eigenvalue weighted by atomic mass is 15.0. The second kappa shape index (κ2) is 13.3. The molecule has 3 bridgehead atoms. The first-order valence-corrected chi connectivity index (χ1v) is 24.5. The third kappa shape index (κ3) is 4.92. The summed E-state index contributed by atoms with van der Waals surface area (Å²) >= 11 is 0. The van der Waals surface area contributed by atoms with E-state index in [2.05, 4.69) is 183 Å². The normalized spacial score (nSPS) is 23.9. The topological polar surface area (TPSA) is 35.6 Å². The molecule has 1 spiro atoms. The Bertz CT molecular complexity index is 3820. The molecule has 0 saturated heterocycles. The van der Waals surface area contributed by atoms with Crippen molar-refractivity contribution in [3.63, 3.8) is 0 Å². The Morgan fingerprint density at radius 1 is 0.418 bits per heavy atom. The number of aromatic nitrogens is 4. The van der Waals surface area contributed by atoms with Crippen molar-refractivity contribution in [1.29, 1.82) is 0 Å². The van der Waals surface area contributed by atoms with Gasteiger partial charge in [0.2, 0.25) is 0 Å². The Labute approximate surface area is 389 Å². The summed E-state index contributed by atoms with van der Waals surface area (Å²) in [4.78, 5) is 8.80. The smallest absolute Gasteiger partial charge is 0.0541 e. The van der Waals surface area contributed by atoms with Gasteiger partial charge in [0, 0.05) is 68.7 Å². The third-order valence-corrected chi connectivity index (χ3v) is 17.6. The summed E-state index contributed by atoms with van der Waals surface area (Å²) in [6.45, 7) is 0.